The standard InChI is InChI=1S/C30H26Cl2N2O3/c1-17-13-27(35)25(19(3)29(17)31)15-33-21-5-9-23(10-6-21)37-24-11-7-22(8-12-24)34-16-26-20(4)30(32)18(2)14-28(26)36/h5-16,35-36H,1-4H3. The zero-order valence-electron chi connectivity index (χ0n) is 20.9. The Labute approximate surface area is 226 Å². The van der Waals surface area contributed by atoms with Crippen molar-refractivity contribution >= 4 is 47.0 Å². The second kappa shape index (κ2) is 11.1. The fraction of sp³-hybridized carbons (Fsp3) is 0.133. The van der Waals surface area contributed by atoms with E-state index in [1.165, 1.54) is 0 Å². The molecular weight excluding hydrogens is 507 g/mol. The molecule has 0 saturated heterocycles. The molecule has 4 aromatic carbocycles. The third kappa shape index (κ3) is 5.96. The van der Waals surface area contributed by atoms with Gasteiger partial charge in [0.2, 0.25) is 0 Å². The highest BCUT2D eigenvalue weighted by molar-refractivity contribution is 6.33. The van der Waals surface area contributed by atoms with E-state index in [-0.39, 0.29) is 11.5 Å². The minimum absolute atomic E-state index is 0.144. The van der Waals surface area contributed by atoms with Gasteiger partial charge in [-0.05, 0) is 111 Å². The highest BCUT2D eigenvalue weighted by Crippen LogP contribution is 2.32. The summed E-state index contributed by atoms with van der Waals surface area (Å²) in [5, 5.41) is 21.7. The van der Waals surface area contributed by atoms with Crippen LogP contribution in [0, 0.1) is 27.7 Å². The van der Waals surface area contributed by atoms with Crippen LogP contribution in [-0.4, -0.2) is 22.6 Å². The van der Waals surface area contributed by atoms with Gasteiger partial charge in [-0.15, -0.1) is 0 Å². The van der Waals surface area contributed by atoms with Gasteiger partial charge in [0.25, 0.3) is 0 Å². The monoisotopic (exact) mass is 532 g/mol. The number of ether oxygens (including phenoxy) is 1. The average molecular weight is 533 g/mol. The third-order valence-corrected chi connectivity index (χ3v) is 7.17. The normalized spacial score (nSPS) is 11.5. The molecule has 0 atom stereocenters. The molecule has 37 heavy (non-hydrogen) atoms. The van der Waals surface area contributed by atoms with E-state index < -0.39 is 0 Å². The van der Waals surface area contributed by atoms with Gasteiger partial charge in [-0.25, -0.2) is 0 Å². The molecule has 0 spiro atoms. The Morgan fingerprint density at radius 2 is 0.973 bits per heavy atom. The topological polar surface area (TPSA) is 74.4 Å². The van der Waals surface area contributed by atoms with Crippen LogP contribution in [0.2, 0.25) is 10.0 Å². The first-order chi connectivity index (χ1) is 17.6. The van der Waals surface area contributed by atoms with E-state index in [0.29, 0.717) is 44.0 Å². The highest BCUT2D eigenvalue weighted by Gasteiger charge is 2.11. The quantitative estimate of drug-likeness (QED) is 0.243. The Morgan fingerprint density at radius 1 is 0.622 bits per heavy atom. The third-order valence-electron chi connectivity index (χ3n) is 6.01. The Hall–Kier alpha value is -3.80. The summed E-state index contributed by atoms with van der Waals surface area (Å²) >= 11 is 12.6. The Kier molecular flexibility index (Phi) is 7.86. The number of aliphatic imine (C=N–C) groups is 2. The number of hydrogen-bond donors (Lipinski definition) is 2. The van der Waals surface area contributed by atoms with Gasteiger partial charge in [0.1, 0.15) is 23.0 Å². The maximum absolute atomic E-state index is 10.2. The summed E-state index contributed by atoms with van der Waals surface area (Å²) < 4.78 is 5.93. The molecule has 0 amide bonds. The van der Waals surface area contributed by atoms with Crippen LogP contribution in [0.3, 0.4) is 0 Å². The van der Waals surface area contributed by atoms with E-state index >= 15 is 0 Å². The number of rotatable bonds is 6. The van der Waals surface area contributed by atoms with Crippen LogP contribution in [0.1, 0.15) is 33.4 Å². The van der Waals surface area contributed by atoms with Gasteiger partial charge in [-0.2, -0.15) is 0 Å². The first-order valence-electron chi connectivity index (χ1n) is 11.6. The largest absolute Gasteiger partial charge is 0.507 e. The molecule has 4 aromatic rings. The molecule has 0 fully saturated rings. The lowest BCUT2D eigenvalue weighted by Crippen LogP contribution is -1.92. The van der Waals surface area contributed by atoms with Crippen LogP contribution < -0.4 is 4.74 Å². The van der Waals surface area contributed by atoms with Gasteiger partial charge in [0.05, 0.1) is 11.4 Å². The summed E-state index contributed by atoms with van der Waals surface area (Å²) in [6, 6.07) is 17.9. The number of aromatic hydroxyl groups is 2. The molecule has 0 unspecified atom stereocenters. The van der Waals surface area contributed by atoms with Gasteiger partial charge < -0.3 is 14.9 Å². The van der Waals surface area contributed by atoms with Crippen LogP contribution >= 0.6 is 23.2 Å². The Morgan fingerprint density at radius 3 is 1.32 bits per heavy atom. The van der Waals surface area contributed by atoms with Crippen LogP contribution in [0.5, 0.6) is 23.0 Å². The molecule has 0 aliphatic carbocycles. The minimum atomic E-state index is 0.144. The van der Waals surface area contributed by atoms with Crippen LogP contribution in [-0.2, 0) is 0 Å². The molecule has 0 aromatic heterocycles. The zero-order valence-corrected chi connectivity index (χ0v) is 22.4. The summed E-state index contributed by atoms with van der Waals surface area (Å²) in [5.74, 6) is 1.60. The Balaban J connectivity index is 1.43. The molecule has 0 radical (unpaired) electrons. The van der Waals surface area contributed by atoms with E-state index in [1.54, 1.807) is 24.6 Å². The maximum atomic E-state index is 10.2. The fourth-order valence-electron chi connectivity index (χ4n) is 3.85. The van der Waals surface area contributed by atoms with Gasteiger partial charge in [-0.1, -0.05) is 23.2 Å². The summed E-state index contributed by atoms with van der Waals surface area (Å²) in [5.41, 5.74) is 5.81. The summed E-state index contributed by atoms with van der Waals surface area (Å²) in [7, 11) is 0. The molecule has 0 aliphatic heterocycles. The number of hydrogen-bond acceptors (Lipinski definition) is 5. The predicted molar refractivity (Wildman–Crippen MR) is 153 cm³/mol. The second-order valence-corrected chi connectivity index (χ2v) is 9.49. The fourth-order valence-corrected chi connectivity index (χ4v) is 4.16. The Bertz CT molecular complexity index is 1400. The summed E-state index contributed by atoms with van der Waals surface area (Å²) in [4.78, 5) is 8.91. The highest BCUT2D eigenvalue weighted by atomic mass is 35.5. The van der Waals surface area contributed by atoms with Crippen molar-refractivity contribution in [3.05, 3.63) is 104 Å². The molecular formula is C30H26Cl2N2O3. The van der Waals surface area contributed by atoms with Gasteiger partial charge >= 0.3 is 0 Å². The number of benzene rings is 4. The molecule has 0 aliphatic rings. The first-order valence-corrected chi connectivity index (χ1v) is 12.3. The van der Waals surface area contributed by atoms with Crippen molar-refractivity contribution in [1.29, 1.82) is 0 Å². The number of halogens is 2. The predicted octanol–water partition coefficient (Wildman–Crippen LogP) is 8.93. The first kappa shape index (κ1) is 26.3. The van der Waals surface area contributed by atoms with Crippen molar-refractivity contribution in [2.75, 3.05) is 0 Å². The molecule has 0 bridgehead atoms. The van der Waals surface area contributed by atoms with Crippen molar-refractivity contribution in [3.8, 4) is 23.0 Å². The van der Waals surface area contributed by atoms with Crippen LogP contribution in [0.4, 0.5) is 11.4 Å². The molecule has 5 nitrogen and oxygen atoms in total. The maximum Gasteiger partial charge on any atom is 0.127 e. The van der Waals surface area contributed by atoms with Crippen LogP contribution in [0.25, 0.3) is 0 Å². The van der Waals surface area contributed by atoms with Gasteiger partial charge in [-0.3, -0.25) is 9.98 Å². The number of nitrogens with zero attached hydrogens (tertiary/aromatic N) is 2. The second-order valence-electron chi connectivity index (χ2n) is 8.74. The van der Waals surface area contributed by atoms with Gasteiger partial charge in [0, 0.05) is 33.6 Å². The van der Waals surface area contributed by atoms with Gasteiger partial charge in [0.15, 0.2) is 0 Å². The summed E-state index contributed by atoms with van der Waals surface area (Å²) in [6.07, 6.45) is 3.22. The molecule has 0 saturated carbocycles. The molecule has 2 N–H and O–H groups in total. The van der Waals surface area contributed by atoms with E-state index in [0.717, 1.165) is 22.3 Å². The van der Waals surface area contributed by atoms with E-state index in [4.69, 9.17) is 27.9 Å². The summed E-state index contributed by atoms with van der Waals surface area (Å²) in [6.45, 7) is 7.41. The lowest BCUT2D eigenvalue weighted by molar-refractivity contribution is 0.473. The van der Waals surface area contributed by atoms with Crippen molar-refractivity contribution in [2.24, 2.45) is 9.98 Å². The average Bonchev–Trinajstić information content (AvgIpc) is 2.88. The van der Waals surface area contributed by atoms with Crippen LogP contribution in [0.15, 0.2) is 70.6 Å². The van der Waals surface area contributed by atoms with Crippen molar-refractivity contribution < 1.29 is 14.9 Å². The number of phenolic OH excluding ortho intramolecular Hbond substituents is 2. The molecule has 0 heterocycles. The van der Waals surface area contributed by atoms with Crippen molar-refractivity contribution in [3.63, 3.8) is 0 Å². The smallest absolute Gasteiger partial charge is 0.127 e. The minimum Gasteiger partial charge on any atom is -0.507 e. The SMILES string of the molecule is Cc1cc(O)c(C=Nc2ccc(Oc3ccc(N=Cc4c(O)cc(C)c(Cl)c4C)cc3)cc2)c(C)c1Cl. The molecule has 7 heteroatoms. The van der Waals surface area contributed by atoms with Crippen molar-refractivity contribution in [1.82, 2.24) is 0 Å². The van der Waals surface area contributed by atoms with E-state index in [1.807, 2.05) is 76.2 Å². The number of phenols is 2. The lowest BCUT2D eigenvalue weighted by atomic mass is 10.0. The van der Waals surface area contributed by atoms with E-state index in [9.17, 15) is 10.2 Å². The van der Waals surface area contributed by atoms with Crippen molar-refractivity contribution in [2.45, 2.75) is 27.7 Å². The zero-order chi connectivity index (χ0) is 26.7. The van der Waals surface area contributed by atoms with E-state index in [2.05, 4.69) is 9.98 Å². The molecule has 4 rings (SSSR count). The number of aryl methyl sites for hydroxylation is 2. The molecule has 188 valence electrons. The lowest BCUT2D eigenvalue weighted by Gasteiger charge is -2.09.